The van der Waals surface area contributed by atoms with Crippen LogP contribution < -0.4 is 4.90 Å². The maximum absolute atomic E-state index is 3.97. The van der Waals surface area contributed by atoms with Gasteiger partial charge in [0.1, 0.15) is 0 Å². The molecule has 0 bridgehead atoms. The van der Waals surface area contributed by atoms with E-state index in [9.17, 15) is 0 Å². The highest BCUT2D eigenvalue weighted by molar-refractivity contribution is 5.91. The van der Waals surface area contributed by atoms with Crippen LogP contribution in [0, 0.1) is 0 Å². The van der Waals surface area contributed by atoms with Gasteiger partial charge in [-0.05, 0) is 176 Å². The molecule has 1 nitrogen and oxygen atoms in total. The summed E-state index contributed by atoms with van der Waals surface area (Å²) >= 11 is 0. The maximum Gasteiger partial charge on any atom is 0.0674 e. The highest BCUT2D eigenvalue weighted by Gasteiger charge is 2.46. The van der Waals surface area contributed by atoms with Crippen LogP contribution >= 0.6 is 0 Å². The fraction of sp³-hybridized carbons (Fsp3) is 0.0833. The van der Waals surface area contributed by atoms with Gasteiger partial charge in [-0.1, -0.05) is 231 Å². The molecule has 1 unspecified atom stereocenters. The molecule has 0 saturated carbocycles. The lowest BCUT2D eigenvalue weighted by Gasteiger charge is -2.35. The van der Waals surface area contributed by atoms with Crippen molar-refractivity contribution in [1.82, 2.24) is 0 Å². The Morgan fingerprint density at radius 1 is 0.521 bits per heavy atom. The van der Waals surface area contributed by atoms with Crippen LogP contribution in [0.2, 0.25) is 0 Å². The van der Waals surface area contributed by atoms with E-state index in [0.717, 1.165) is 29.9 Å². The molecule has 2 aliphatic carbocycles. The fourth-order valence-corrected chi connectivity index (χ4v) is 11.3. The lowest BCUT2D eigenvalue weighted by atomic mass is 9.67. The van der Waals surface area contributed by atoms with Gasteiger partial charge in [0.15, 0.2) is 0 Å². The van der Waals surface area contributed by atoms with Crippen LogP contribution in [0.1, 0.15) is 55.9 Å². The van der Waals surface area contributed by atoms with Crippen molar-refractivity contribution in [1.29, 1.82) is 0 Å². The van der Waals surface area contributed by atoms with Gasteiger partial charge in [0.25, 0.3) is 0 Å². The second kappa shape index (κ2) is 20.5. The van der Waals surface area contributed by atoms with Gasteiger partial charge >= 0.3 is 0 Å². The Morgan fingerprint density at radius 3 is 1.84 bits per heavy atom. The molecular weight excluding hydrogens is 879 g/mol. The Morgan fingerprint density at radius 2 is 1.12 bits per heavy atom. The third kappa shape index (κ3) is 8.89. The molecule has 0 saturated heterocycles. The van der Waals surface area contributed by atoms with Crippen LogP contribution in [0.4, 0.5) is 17.1 Å². The summed E-state index contributed by atoms with van der Waals surface area (Å²) in [5, 5.41) is 2.51. The zero-order chi connectivity index (χ0) is 49.7. The van der Waals surface area contributed by atoms with Gasteiger partial charge < -0.3 is 4.90 Å². The minimum atomic E-state index is -0.523. The van der Waals surface area contributed by atoms with Crippen LogP contribution in [-0.2, 0) is 5.41 Å². The number of fused-ring (bicyclic) bond motifs is 4. The van der Waals surface area contributed by atoms with E-state index in [1.54, 1.807) is 0 Å². The number of hydrogen-bond donors (Lipinski definition) is 0. The van der Waals surface area contributed by atoms with Gasteiger partial charge in [-0.3, -0.25) is 0 Å². The molecule has 0 amide bonds. The average Bonchev–Trinajstić information content (AvgIpc) is 3.76. The van der Waals surface area contributed by atoms with Gasteiger partial charge in [0.05, 0.1) is 5.41 Å². The topological polar surface area (TPSA) is 3.24 Å². The summed E-state index contributed by atoms with van der Waals surface area (Å²) in [4.78, 5) is 2.43. The van der Waals surface area contributed by atoms with Gasteiger partial charge in [0.2, 0.25) is 0 Å². The summed E-state index contributed by atoms with van der Waals surface area (Å²) in [6, 6.07) is 78.5. The molecule has 0 N–H and O–H groups in total. The van der Waals surface area contributed by atoms with E-state index < -0.39 is 5.41 Å². The third-order valence-electron chi connectivity index (χ3n) is 15.0. The van der Waals surface area contributed by atoms with E-state index in [1.807, 2.05) is 12.2 Å². The molecule has 0 heterocycles. The third-order valence-corrected chi connectivity index (χ3v) is 15.0. The minimum absolute atomic E-state index is 0.523. The number of hydrogen-bond acceptors (Lipinski definition) is 1. The number of allylic oxidation sites excluding steroid dienone is 13. The van der Waals surface area contributed by atoms with Crippen LogP contribution in [0.25, 0.3) is 60.9 Å². The molecule has 73 heavy (non-hydrogen) atoms. The van der Waals surface area contributed by atoms with E-state index in [1.165, 1.54) is 99.8 Å². The summed E-state index contributed by atoms with van der Waals surface area (Å²) in [5.41, 5.74) is 22.7. The minimum Gasteiger partial charge on any atom is -0.310 e. The predicted octanol–water partition coefficient (Wildman–Crippen LogP) is 19.9. The Balaban J connectivity index is 0.996. The van der Waals surface area contributed by atoms with E-state index in [4.69, 9.17) is 0 Å². The van der Waals surface area contributed by atoms with Crippen LogP contribution in [-0.4, -0.2) is 0 Å². The van der Waals surface area contributed by atoms with Crippen molar-refractivity contribution < 1.29 is 0 Å². The molecule has 0 spiro atoms. The first-order valence-corrected chi connectivity index (χ1v) is 25.6. The van der Waals surface area contributed by atoms with Gasteiger partial charge in [-0.15, -0.1) is 0 Å². The Bertz CT molecular complexity index is 3690. The summed E-state index contributed by atoms with van der Waals surface area (Å²) in [7, 11) is 0. The standard InChI is InChI=1S/C72H59N/c1-5-7-10-21-51(3)72(63-28-13-9-14-29-63)70-31-18-17-30-68(70)69-47-46-66(50-71(69)72)73(65-44-40-58(41-45-65)67(20-6-2)52(4)53-22-11-8-12-23-53)64-42-38-56(39-43-64)55-32-34-57(35-33-55)60-26-19-27-61(48-60)62-37-36-54-24-15-16-25-59(54)49-62/h5-11,13-22,24-50H,1,12,23H2,2-4H3/b10-7-,20-6-,51-21+,67-52-. The zero-order valence-corrected chi connectivity index (χ0v) is 42.0. The van der Waals surface area contributed by atoms with E-state index >= 15 is 0 Å². The van der Waals surface area contributed by atoms with E-state index in [0.29, 0.717) is 0 Å². The Hall–Kier alpha value is -8.78. The second-order valence-electron chi connectivity index (χ2n) is 19.2. The van der Waals surface area contributed by atoms with E-state index in [2.05, 4.69) is 287 Å². The van der Waals surface area contributed by atoms with Crippen molar-refractivity contribution >= 4 is 33.4 Å². The van der Waals surface area contributed by atoms with Crippen molar-refractivity contribution in [2.45, 2.75) is 39.0 Å². The SMILES string of the molecule is C=C/C=C\C=C(/C)C1(c2ccccc2)c2ccccc2-c2ccc(N(c3ccc(C(/C=C\C)=C(/C)C4=CC=CCC4)cc3)c3ccc(-c4ccc(-c5cccc(-c6ccc7ccccc7c6)c5)cc4)cc3)cc21. The number of rotatable bonds is 13. The monoisotopic (exact) mass is 937 g/mol. The molecule has 0 fully saturated rings. The summed E-state index contributed by atoms with van der Waals surface area (Å²) in [6.07, 6.45) is 21.5. The van der Waals surface area contributed by atoms with Crippen LogP contribution in [0.3, 0.4) is 0 Å². The molecule has 352 valence electrons. The van der Waals surface area contributed by atoms with Gasteiger partial charge in [0, 0.05) is 17.1 Å². The second-order valence-corrected chi connectivity index (χ2v) is 19.2. The Labute approximate surface area is 432 Å². The summed E-state index contributed by atoms with van der Waals surface area (Å²) in [5.74, 6) is 0. The summed E-state index contributed by atoms with van der Waals surface area (Å²) < 4.78 is 0. The van der Waals surface area contributed by atoms with Crippen molar-refractivity contribution in [2.75, 3.05) is 4.90 Å². The smallest absolute Gasteiger partial charge is 0.0674 e. The highest BCUT2D eigenvalue weighted by Crippen LogP contribution is 2.57. The quantitative estimate of drug-likeness (QED) is 0.104. The maximum atomic E-state index is 3.97. The number of anilines is 3. The number of benzene rings is 9. The van der Waals surface area contributed by atoms with Crippen molar-refractivity contribution in [3.05, 3.63) is 313 Å². The van der Waals surface area contributed by atoms with Crippen molar-refractivity contribution in [3.63, 3.8) is 0 Å². The fourth-order valence-electron chi connectivity index (χ4n) is 11.3. The average molecular weight is 938 g/mol. The lowest BCUT2D eigenvalue weighted by molar-refractivity contribution is 0.746. The summed E-state index contributed by atoms with van der Waals surface area (Å²) in [6.45, 7) is 10.6. The highest BCUT2D eigenvalue weighted by atomic mass is 15.1. The van der Waals surface area contributed by atoms with Gasteiger partial charge in [-0.25, -0.2) is 0 Å². The molecule has 11 rings (SSSR count). The molecule has 1 heteroatoms. The van der Waals surface area contributed by atoms with Crippen LogP contribution in [0.15, 0.2) is 290 Å². The lowest BCUT2D eigenvalue weighted by Crippen LogP contribution is -2.28. The van der Waals surface area contributed by atoms with Gasteiger partial charge in [-0.2, -0.15) is 0 Å². The molecule has 2 aliphatic rings. The molecule has 0 aromatic heterocycles. The first kappa shape index (κ1) is 46.6. The zero-order valence-electron chi connectivity index (χ0n) is 42.0. The number of nitrogens with zero attached hydrogens (tertiary/aromatic N) is 1. The Kier molecular flexibility index (Phi) is 13.1. The first-order valence-electron chi connectivity index (χ1n) is 25.6. The largest absolute Gasteiger partial charge is 0.310 e. The predicted molar refractivity (Wildman–Crippen MR) is 314 cm³/mol. The molecule has 1 atom stereocenters. The first-order chi connectivity index (χ1) is 35.9. The van der Waals surface area contributed by atoms with Crippen molar-refractivity contribution in [3.8, 4) is 44.5 Å². The van der Waals surface area contributed by atoms with Crippen LogP contribution in [0.5, 0.6) is 0 Å². The normalized spacial score (nSPS) is 15.5. The molecule has 0 aliphatic heterocycles. The molecule has 0 radical (unpaired) electrons. The molecular formula is C72H59N. The van der Waals surface area contributed by atoms with E-state index in [-0.39, 0.29) is 0 Å². The van der Waals surface area contributed by atoms with Crippen molar-refractivity contribution in [2.24, 2.45) is 0 Å². The molecule has 9 aromatic rings. The molecule has 9 aromatic carbocycles.